The summed E-state index contributed by atoms with van der Waals surface area (Å²) in [6.45, 7) is 6.33. The quantitative estimate of drug-likeness (QED) is 0.447. The minimum Gasteiger partial charge on any atom is -0.389 e. The van der Waals surface area contributed by atoms with Crippen LogP contribution in [0.5, 0.6) is 0 Å². The van der Waals surface area contributed by atoms with Crippen molar-refractivity contribution in [3.05, 3.63) is 35.4 Å². The fraction of sp³-hybridized carbons (Fsp3) is 0.700. The standard InChI is InChI=1S/C20H36NO/c1-5-6-7-8-9-10-13-16-21(3,4)17-19-14-11-12-15-20(19)18(2)22/h11-12,14-15,18,22H,5-10,13,16-17H2,1-4H3/q+1. The largest absolute Gasteiger partial charge is 0.389 e. The van der Waals surface area contributed by atoms with E-state index in [1.54, 1.807) is 0 Å². The number of unbranched alkanes of at least 4 members (excludes halogenated alkanes) is 6. The van der Waals surface area contributed by atoms with E-state index in [0.29, 0.717) is 0 Å². The van der Waals surface area contributed by atoms with Gasteiger partial charge < -0.3 is 9.59 Å². The normalized spacial score (nSPS) is 13.3. The Labute approximate surface area is 137 Å². The predicted molar refractivity (Wildman–Crippen MR) is 95.7 cm³/mol. The van der Waals surface area contributed by atoms with Gasteiger partial charge >= 0.3 is 0 Å². The van der Waals surface area contributed by atoms with Gasteiger partial charge in [0.1, 0.15) is 6.54 Å². The fourth-order valence-corrected chi connectivity index (χ4v) is 3.12. The maximum atomic E-state index is 9.91. The Hall–Kier alpha value is -0.860. The first kappa shape index (κ1) is 19.2. The molecule has 0 aliphatic heterocycles. The van der Waals surface area contributed by atoms with E-state index in [9.17, 15) is 5.11 Å². The van der Waals surface area contributed by atoms with Crippen LogP contribution in [0.3, 0.4) is 0 Å². The van der Waals surface area contributed by atoms with E-state index in [2.05, 4.69) is 33.2 Å². The molecule has 0 radical (unpaired) electrons. The summed E-state index contributed by atoms with van der Waals surface area (Å²) in [7, 11) is 4.60. The zero-order chi connectivity index (χ0) is 16.4. The lowest BCUT2D eigenvalue weighted by atomic mass is 10.0. The van der Waals surface area contributed by atoms with Crippen molar-refractivity contribution in [2.45, 2.75) is 71.4 Å². The van der Waals surface area contributed by atoms with Crippen LogP contribution in [-0.4, -0.2) is 30.2 Å². The number of quaternary nitrogens is 1. The molecule has 22 heavy (non-hydrogen) atoms. The van der Waals surface area contributed by atoms with Crippen LogP contribution < -0.4 is 0 Å². The molecule has 1 aromatic carbocycles. The summed E-state index contributed by atoms with van der Waals surface area (Å²) >= 11 is 0. The van der Waals surface area contributed by atoms with Gasteiger partial charge in [0.05, 0.1) is 26.7 Å². The van der Waals surface area contributed by atoms with E-state index in [-0.39, 0.29) is 6.10 Å². The van der Waals surface area contributed by atoms with Crippen molar-refractivity contribution in [1.29, 1.82) is 0 Å². The molecule has 2 heteroatoms. The third kappa shape index (κ3) is 7.42. The van der Waals surface area contributed by atoms with Gasteiger partial charge in [0, 0.05) is 5.56 Å². The molecule has 0 saturated carbocycles. The van der Waals surface area contributed by atoms with Crippen LogP contribution in [0.25, 0.3) is 0 Å². The third-order valence-electron chi connectivity index (χ3n) is 4.47. The number of hydrogen-bond acceptors (Lipinski definition) is 1. The van der Waals surface area contributed by atoms with Crippen LogP contribution in [-0.2, 0) is 6.54 Å². The first-order chi connectivity index (χ1) is 10.5. The van der Waals surface area contributed by atoms with Crippen LogP contribution >= 0.6 is 0 Å². The second-order valence-electron chi connectivity index (χ2n) is 7.31. The van der Waals surface area contributed by atoms with Gasteiger partial charge in [-0.2, -0.15) is 0 Å². The SMILES string of the molecule is CCCCCCCCC[N+](C)(C)Cc1ccccc1C(C)O. The summed E-state index contributed by atoms with van der Waals surface area (Å²) in [4.78, 5) is 0. The number of aliphatic hydroxyl groups excluding tert-OH is 1. The molecule has 0 heterocycles. The van der Waals surface area contributed by atoms with Gasteiger partial charge in [-0.15, -0.1) is 0 Å². The van der Waals surface area contributed by atoms with Crippen molar-refractivity contribution in [3.63, 3.8) is 0 Å². The minimum atomic E-state index is -0.380. The number of rotatable bonds is 11. The van der Waals surface area contributed by atoms with E-state index in [1.807, 2.05) is 19.1 Å². The number of nitrogens with zero attached hydrogens (tertiary/aromatic N) is 1. The van der Waals surface area contributed by atoms with Crippen molar-refractivity contribution < 1.29 is 9.59 Å². The van der Waals surface area contributed by atoms with Crippen molar-refractivity contribution in [3.8, 4) is 0 Å². The summed E-state index contributed by atoms with van der Waals surface area (Å²) in [5.41, 5.74) is 2.36. The Bertz CT molecular complexity index is 412. The van der Waals surface area contributed by atoms with Crippen LogP contribution in [0.15, 0.2) is 24.3 Å². The summed E-state index contributed by atoms with van der Waals surface area (Å²) in [5, 5.41) is 9.91. The van der Waals surface area contributed by atoms with E-state index in [0.717, 1.165) is 16.6 Å². The number of hydrogen-bond donors (Lipinski definition) is 1. The van der Waals surface area contributed by atoms with Crippen LogP contribution in [0.1, 0.15) is 76.0 Å². The summed E-state index contributed by atoms with van der Waals surface area (Å²) in [6, 6.07) is 8.30. The molecule has 1 unspecified atom stereocenters. The third-order valence-corrected chi connectivity index (χ3v) is 4.47. The van der Waals surface area contributed by atoms with Gasteiger partial charge in [-0.3, -0.25) is 0 Å². The Morgan fingerprint density at radius 1 is 0.955 bits per heavy atom. The molecule has 1 N–H and O–H groups in total. The molecule has 0 bridgehead atoms. The summed E-state index contributed by atoms with van der Waals surface area (Å²) < 4.78 is 0.999. The average Bonchev–Trinajstić information content (AvgIpc) is 2.46. The molecule has 0 aliphatic rings. The van der Waals surface area contributed by atoms with Crippen LogP contribution in [0.4, 0.5) is 0 Å². The molecule has 0 aliphatic carbocycles. The highest BCUT2D eigenvalue weighted by Gasteiger charge is 2.18. The van der Waals surface area contributed by atoms with Crippen molar-refractivity contribution in [1.82, 2.24) is 0 Å². The molecule has 1 rings (SSSR count). The Kier molecular flexibility index (Phi) is 8.74. The van der Waals surface area contributed by atoms with Crippen molar-refractivity contribution in [2.75, 3.05) is 20.6 Å². The highest BCUT2D eigenvalue weighted by atomic mass is 16.3. The lowest BCUT2D eigenvalue weighted by Crippen LogP contribution is -2.39. The highest BCUT2D eigenvalue weighted by Crippen LogP contribution is 2.21. The van der Waals surface area contributed by atoms with Gasteiger partial charge in [-0.05, 0) is 25.3 Å². The van der Waals surface area contributed by atoms with Crippen molar-refractivity contribution in [2.24, 2.45) is 0 Å². The summed E-state index contributed by atoms with van der Waals surface area (Å²) in [6.07, 6.45) is 9.16. The van der Waals surface area contributed by atoms with Crippen molar-refractivity contribution >= 4 is 0 Å². The number of aliphatic hydroxyl groups is 1. The predicted octanol–water partition coefficient (Wildman–Crippen LogP) is 5.07. The van der Waals surface area contributed by atoms with Gasteiger partial charge in [0.25, 0.3) is 0 Å². The highest BCUT2D eigenvalue weighted by molar-refractivity contribution is 5.28. The van der Waals surface area contributed by atoms with Gasteiger partial charge in [-0.25, -0.2) is 0 Å². The molecule has 0 spiro atoms. The van der Waals surface area contributed by atoms with E-state index >= 15 is 0 Å². The monoisotopic (exact) mass is 306 g/mol. The summed E-state index contributed by atoms with van der Waals surface area (Å²) in [5.74, 6) is 0. The smallest absolute Gasteiger partial charge is 0.104 e. The molecule has 126 valence electrons. The van der Waals surface area contributed by atoms with Crippen LogP contribution in [0, 0.1) is 0 Å². The molecule has 1 atom stereocenters. The van der Waals surface area contributed by atoms with E-state index < -0.39 is 0 Å². The lowest BCUT2D eigenvalue weighted by Gasteiger charge is -2.31. The van der Waals surface area contributed by atoms with E-state index in [4.69, 9.17) is 0 Å². The van der Waals surface area contributed by atoms with Crippen LogP contribution in [0.2, 0.25) is 0 Å². The molecular weight excluding hydrogens is 270 g/mol. The Balaban J connectivity index is 2.37. The first-order valence-electron chi connectivity index (χ1n) is 9.04. The van der Waals surface area contributed by atoms with Gasteiger partial charge in [-0.1, -0.05) is 63.3 Å². The molecule has 2 nitrogen and oxygen atoms in total. The Morgan fingerprint density at radius 3 is 2.18 bits per heavy atom. The second kappa shape index (κ2) is 10.0. The lowest BCUT2D eigenvalue weighted by molar-refractivity contribution is -0.903. The molecule has 0 aromatic heterocycles. The number of benzene rings is 1. The first-order valence-corrected chi connectivity index (χ1v) is 9.04. The molecule has 0 saturated heterocycles. The topological polar surface area (TPSA) is 20.2 Å². The average molecular weight is 307 g/mol. The van der Waals surface area contributed by atoms with Gasteiger partial charge in [0.15, 0.2) is 0 Å². The Morgan fingerprint density at radius 2 is 1.55 bits per heavy atom. The molecule has 0 amide bonds. The maximum Gasteiger partial charge on any atom is 0.104 e. The fourth-order valence-electron chi connectivity index (χ4n) is 3.12. The zero-order valence-electron chi connectivity index (χ0n) is 15.1. The molecule has 0 fully saturated rings. The minimum absolute atomic E-state index is 0.380. The second-order valence-corrected chi connectivity index (χ2v) is 7.31. The van der Waals surface area contributed by atoms with Gasteiger partial charge in [0.2, 0.25) is 0 Å². The zero-order valence-corrected chi connectivity index (χ0v) is 15.1. The molecular formula is C20H36NO+. The van der Waals surface area contributed by atoms with E-state index in [1.165, 1.54) is 57.1 Å². The molecule has 1 aromatic rings. The maximum absolute atomic E-state index is 9.91.